The Morgan fingerprint density at radius 1 is 1.30 bits per heavy atom. The molecule has 3 aromatic rings. The maximum atomic E-state index is 12.2. The highest BCUT2D eigenvalue weighted by Gasteiger charge is 2.30. The molecular formula is C19H14ClN3O5S2. The molecule has 0 radical (unpaired) electrons. The van der Waals surface area contributed by atoms with Crippen molar-refractivity contribution in [1.82, 2.24) is 10.2 Å². The second-order valence-electron chi connectivity index (χ2n) is 6.40. The van der Waals surface area contributed by atoms with Crippen LogP contribution in [0.5, 0.6) is 5.75 Å². The van der Waals surface area contributed by atoms with Gasteiger partial charge in [0.05, 0.1) is 11.3 Å². The van der Waals surface area contributed by atoms with Gasteiger partial charge in [-0.3, -0.25) is 9.59 Å². The molecule has 4 rings (SSSR count). The number of nitrogens with zero attached hydrogens (tertiary/aromatic N) is 2. The number of rotatable bonds is 7. The Bertz CT molecular complexity index is 1160. The van der Waals surface area contributed by atoms with Crippen molar-refractivity contribution in [1.29, 1.82) is 0 Å². The van der Waals surface area contributed by atoms with Gasteiger partial charge in [0.1, 0.15) is 12.0 Å². The van der Waals surface area contributed by atoms with Crippen molar-refractivity contribution in [3.63, 3.8) is 0 Å². The highest BCUT2D eigenvalue weighted by atomic mass is 35.5. The van der Waals surface area contributed by atoms with Crippen LogP contribution in [0.3, 0.4) is 0 Å². The molecule has 1 saturated carbocycles. The van der Waals surface area contributed by atoms with Crippen molar-refractivity contribution >= 4 is 51.7 Å². The number of ether oxygens (including phenoxy) is 1. The predicted molar refractivity (Wildman–Crippen MR) is 112 cm³/mol. The van der Waals surface area contributed by atoms with E-state index >= 15 is 0 Å². The number of thioether (sulfide) groups is 1. The quantitative estimate of drug-likeness (QED) is 0.318. The molecule has 1 aromatic carbocycles. The second-order valence-corrected chi connectivity index (χ2v) is 9.04. The van der Waals surface area contributed by atoms with Crippen LogP contribution in [0.15, 0.2) is 50.1 Å². The Morgan fingerprint density at radius 2 is 2.13 bits per heavy atom. The molecule has 8 nitrogen and oxygen atoms in total. The summed E-state index contributed by atoms with van der Waals surface area (Å²) < 4.78 is 11.1. The molecule has 1 amide bonds. The van der Waals surface area contributed by atoms with E-state index < -0.39 is 11.4 Å². The first-order valence-corrected chi connectivity index (χ1v) is 11.0. The fourth-order valence-electron chi connectivity index (χ4n) is 2.37. The summed E-state index contributed by atoms with van der Waals surface area (Å²) in [6, 6.07) is 7.47. The SMILES string of the molecule is O=C(Oc1coc(CSc2nnc(NC(=O)C3CC3)s2)cc1=O)c1cccc(Cl)c1. The van der Waals surface area contributed by atoms with Gasteiger partial charge in [0.15, 0.2) is 4.34 Å². The minimum atomic E-state index is -0.707. The largest absolute Gasteiger partial charge is 0.464 e. The van der Waals surface area contributed by atoms with E-state index in [4.69, 9.17) is 20.8 Å². The van der Waals surface area contributed by atoms with E-state index in [0.29, 0.717) is 26.0 Å². The van der Waals surface area contributed by atoms with Crippen molar-refractivity contribution in [3.05, 3.63) is 63.2 Å². The molecule has 2 heterocycles. The topological polar surface area (TPSA) is 111 Å². The van der Waals surface area contributed by atoms with Gasteiger partial charge < -0.3 is 14.5 Å². The summed E-state index contributed by atoms with van der Waals surface area (Å²) in [5.41, 5.74) is -0.260. The smallest absolute Gasteiger partial charge is 0.343 e. The summed E-state index contributed by atoms with van der Waals surface area (Å²) >= 11 is 8.41. The molecule has 11 heteroatoms. The first kappa shape index (κ1) is 20.6. The number of aromatic nitrogens is 2. The lowest BCUT2D eigenvalue weighted by molar-refractivity contribution is -0.117. The Balaban J connectivity index is 1.34. The van der Waals surface area contributed by atoms with Crippen molar-refractivity contribution in [2.24, 2.45) is 5.92 Å². The molecule has 0 atom stereocenters. The number of anilines is 1. The minimum Gasteiger partial charge on any atom is -0.464 e. The first-order valence-electron chi connectivity index (χ1n) is 8.84. The van der Waals surface area contributed by atoms with Gasteiger partial charge in [0.25, 0.3) is 0 Å². The van der Waals surface area contributed by atoms with Gasteiger partial charge in [-0.25, -0.2) is 4.79 Å². The van der Waals surface area contributed by atoms with Gasteiger partial charge in [-0.1, -0.05) is 40.8 Å². The Hall–Kier alpha value is -2.69. The third-order valence-corrected chi connectivity index (χ3v) is 6.27. The minimum absolute atomic E-state index is 0.0309. The fourth-order valence-corrected chi connectivity index (χ4v) is 4.20. The van der Waals surface area contributed by atoms with Crippen molar-refractivity contribution in [2.75, 3.05) is 5.32 Å². The molecule has 30 heavy (non-hydrogen) atoms. The van der Waals surface area contributed by atoms with Crippen LogP contribution in [0.1, 0.15) is 29.0 Å². The summed E-state index contributed by atoms with van der Waals surface area (Å²) in [6.07, 6.45) is 2.92. The summed E-state index contributed by atoms with van der Waals surface area (Å²) in [5.74, 6) is -0.159. The van der Waals surface area contributed by atoms with Crippen LogP contribution in [0, 0.1) is 5.92 Å². The molecule has 1 fully saturated rings. The number of benzene rings is 1. The number of esters is 1. The molecule has 1 N–H and O–H groups in total. The Labute approximate surface area is 183 Å². The summed E-state index contributed by atoms with van der Waals surface area (Å²) in [4.78, 5) is 36.1. The van der Waals surface area contributed by atoms with E-state index in [-0.39, 0.29) is 23.1 Å². The van der Waals surface area contributed by atoms with Crippen LogP contribution in [0.4, 0.5) is 5.13 Å². The normalized spacial score (nSPS) is 13.1. The molecule has 1 aliphatic rings. The summed E-state index contributed by atoms with van der Waals surface area (Å²) in [7, 11) is 0. The number of hydrogen-bond acceptors (Lipinski definition) is 9. The van der Waals surface area contributed by atoms with E-state index in [2.05, 4.69) is 15.5 Å². The second kappa shape index (κ2) is 8.99. The summed E-state index contributed by atoms with van der Waals surface area (Å²) in [6.45, 7) is 0. The maximum absolute atomic E-state index is 12.2. The monoisotopic (exact) mass is 463 g/mol. The molecule has 0 unspecified atom stereocenters. The molecule has 1 aliphatic carbocycles. The van der Waals surface area contributed by atoms with Crippen LogP contribution in [-0.2, 0) is 10.5 Å². The molecule has 0 spiro atoms. The Morgan fingerprint density at radius 3 is 2.87 bits per heavy atom. The van der Waals surface area contributed by atoms with Gasteiger partial charge in [-0.15, -0.1) is 10.2 Å². The lowest BCUT2D eigenvalue weighted by Crippen LogP contribution is -2.14. The van der Waals surface area contributed by atoms with Crippen LogP contribution in [-0.4, -0.2) is 22.1 Å². The Kier molecular flexibility index (Phi) is 6.16. The zero-order chi connectivity index (χ0) is 21.1. The van der Waals surface area contributed by atoms with Crippen LogP contribution < -0.4 is 15.5 Å². The number of hydrogen-bond donors (Lipinski definition) is 1. The standard InChI is InChI=1S/C19H14ClN3O5S2/c20-12-3-1-2-11(6-12)17(26)28-15-8-27-13(7-14(15)24)9-29-19-23-22-18(30-19)21-16(25)10-4-5-10/h1-3,6-8,10H,4-5,9H2,(H,21,22,25). The first-order chi connectivity index (χ1) is 14.5. The van der Waals surface area contributed by atoms with Crippen LogP contribution in [0.25, 0.3) is 0 Å². The predicted octanol–water partition coefficient (Wildman–Crippen LogP) is 4.00. The van der Waals surface area contributed by atoms with E-state index in [1.165, 1.54) is 41.3 Å². The average Bonchev–Trinajstić information content (AvgIpc) is 3.49. The summed E-state index contributed by atoms with van der Waals surface area (Å²) in [5, 5.41) is 11.5. The van der Waals surface area contributed by atoms with Gasteiger partial charge in [0, 0.05) is 17.0 Å². The molecule has 0 aliphatic heterocycles. The highest BCUT2D eigenvalue weighted by molar-refractivity contribution is 8.00. The van der Waals surface area contributed by atoms with Gasteiger partial charge in [-0.05, 0) is 31.0 Å². The third kappa shape index (κ3) is 5.26. The van der Waals surface area contributed by atoms with Gasteiger partial charge in [0.2, 0.25) is 22.2 Å². The number of amides is 1. The van der Waals surface area contributed by atoms with E-state index in [1.807, 2.05) is 0 Å². The molecule has 154 valence electrons. The number of nitrogens with one attached hydrogen (secondary N) is 1. The maximum Gasteiger partial charge on any atom is 0.343 e. The number of carbonyl (C=O) groups is 2. The van der Waals surface area contributed by atoms with Crippen molar-refractivity contribution in [2.45, 2.75) is 22.9 Å². The average molecular weight is 464 g/mol. The van der Waals surface area contributed by atoms with Gasteiger partial charge >= 0.3 is 5.97 Å². The highest BCUT2D eigenvalue weighted by Crippen LogP contribution is 2.32. The van der Waals surface area contributed by atoms with E-state index in [1.54, 1.807) is 12.1 Å². The van der Waals surface area contributed by atoms with E-state index in [0.717, 1.165) is 19.1 Å². The zero-order valence-corrected chi connectivity index (χ0v) is 17.7. The van der Waals surface area contributed by atoms with Crippen molar-refractivity contribution < 1.29 is 18.7 Å². The number of carbonyl (C=O) groups excluding carboxylic acids is 2. The molecular weight excluding hydrogens is 450 g/mol. The molecule has 0 saturated heterocycles. The zero-order valence-electron chi connectivity index (χ0n) is 15.3. The fraction of sp³-hybridized carbons (Fsp3) is 0.211. The van der Waals surface area contributed by atoms with Crippen molar-refractivity contribution in [3.8, 4) is 5.75 Å². The molecule has 0 bridgehead atoms. The lowest BCUT2D eigenvalue weighted by Gasteiger charge is -2.04. The van der Waals surface area contributed by atoms with Gasteiger partial charge in [-0.2, -0.15) is 0 Å². The third-order valence-electron chi connectivity index (χ3n) is 4.04. The molecule has 2 aromatic heterocycles. The van der Waals surface area contributed by atoms with E-state index in [9.17, 15) is 14.4 Å². The number of halogens is 1. The van der Waals surface area contributed by atoms with Crippen LogP contribution in [0.2, 0.25) is 5.02 Å². The van der Waals surface area contributed by atoms with Crippen LogP contribution >= 0.6 is 34.7 Å². The lowest BCUT2D eigenvalue weighted by atomic mass is 10.2.